The summed E-state index contributed by atoms with van der Waals surface area (Å²) in [6, 6.07) is 5.18. The molecule has 0 spiro atoms. The van der Waals surface area contributed by atoms with Crippen LogP contribution < -0.4 is 15.4 Å². The molecule has 1 aromatic carbocycles. The topological polar surface area (TPSA) is 54.9 Å². The number of nitrogens with one attached hydrogen (secondary N) is 2. The second-order valence-electron chi connectivity index (χ2n) is 6.04. The molecule has 0 aromatic heterocycles. The van der Waals surface area contributed by atoms with Crippen molar-refractivity contribution in [3.8, 4) is 5.75 Å². The number of nitrogens with zero attached hydrogens (tertiary/aromatic N) is 1. The maximum atomic E-state index is 12.5. The molecular formula is C19H31F3IN3O2. The van der Waals surface area contributed by atoms with Gasteiger partial charge in [0.2, 0.25) is 0 Å². The summed E-state index contributed by atoms with van der Waals surface area (Å²) in [4.78, 5) is 4.45. The normalized spacial score (nSPS) is 11.7. The minimum Gasteiger partial charge on any atom is -0.484 e. The van der Waals surface area contributed by atoms with Crippen LogP contribution in [0.15, 0.2) is 23.2 Å². The average molecular weight is 517 g/mol. The molecule has 162 valence electrons. The predicted molar refractivity (Wildman–Crippen MR) is 117 cm³/mol. The lowest BCUT2D eigenvalue weighted by Crippen LogP contribution is -2.37. The number of aryl methyl sites for hydroxylation is 1. The first-order valence-electron chi connectivity index (χ1n) is 9.24. The summed E-state index contributed by atoms with van der Waals surface area (Å²) in [5.41, 5.74) is 1.44. The van der Waals surface area contributed by atoms with Gasteiger partial charge in [-0.25, -0.2) is 4.99 Å². The Bertz CT molecular complexity index is 584. The lowest BCUT2D eigenvalue weighted by Gasteiger charge is -2.14. The predicted octanol–water partition coefficient (Wildman–Crippen LogP) is 4.43. The largest absolute Gasteiger partial charge is 0.484 e. The van der Waals surface area contributed by atoms with E-state index in [0.717, 1.165) is 31.6 Å². The van der Waals surface area contributed by atoms with Crippen LogP contribution in [0.5, 0.6) is 5.75 Å². The Hall–Kier alpha value is -1.23. The number of hydrogen-bond donors (Lipinski definition) is 2. The minimum atomic E-state index is -4.37. The summed E-state index contributed by atoms with van der Waals surface area (Å²) in [6.07, 6.45) is -2.48. The summed E-state index contributed by atoms with van der Waals surface area (Å²) in [7, 11) is 0. The molecule has 0 unspecified atom stereocenters. The third kappa shape index (κ3) is 12.3. The van der Waals surface area contributed by atoms with E-state index in [-0.39, 0.29) is 36.3 Å². The zero-order valence-corrected chi connectivity index (χ0v) is 19.0. The van der Waals surface area contributed by atoms with E-state index in [1.54, 1.807) is 19.1 Å². The van der Waals surface area contributed by atoms with Crippen molar-refractivity contribution in [1.29, 1.82) is 0 Å². The van der Waals surface area contributed by atoms with Crippen LogP contribution in [-0.2, 0) is 11.3 Å². The maximum absolute atomic E-state index is 12.5. The van der Waals surface area contributed by atoms with E-state index < -0.39 is 12.8 Å². The number of aliphatic imine (C=N–C) groups is 1. The van der Waals surface area contributed by atoms with Crippen LogP contribution in [0.3, 0.4) is 0 Å². The molecule has 0 fully saturated rings. The van der Waals surface area contributed by atoms with E-state index >= 15 is 0 Å². The molecule has 0 atom stereocenters. The van der Waals surface area contributed by atoms with Gasteiger partial charge in [-0.3, -0.25) is 0 Å². The van der Waals surface area contributed by atoms with Gasteiger partial charge in [0.1, 0.15) is 5.75 Å². The second kappa shape index (κ2) is 14.7. The van der Waals surface area contributed by atoms with Crippen molar-refractivity contribution in [2.45, 2.75) is 46.3 Å². The summed E-state index contributed by atoms with van der Waals surface area (Å²) in [6.45, 7) is 7.51. The highest BCUT2D eigenvalue weighted by Gasteiger charge is 2.28. The highest BCUT2D eigenvalue weighted by atomic mass is 127. The van der Waals surface area contributed by atoms with Crippen LogP contribution in [0.1, 0.15) is 37.8 Å². The van der Waals surface area contributed by atoms with Gasteiger partial charge >= 0.3 is 6.18 Å². The first-order valence-corrected chi connectivity index (χ1v) is 9.24. The number of unbranched alkanes of at least 4 members (excludes halogenated alkanes) is 1. The van der Waals surface area contributed by atoms with Crippen LogP contribution in [0, 0.1) is 6.92 Å². The SMILES string of the molecule is CCNC(=NCc1ccc(C)cc1OCC(F)(F)F)NCCCCOCC.I. The van der Waals surface area contributed by atoms with Crippen LogP contribution in [0.25, 0.3) is 0 Å². The van der Waals surface area contributed by atoms with Gasteiger partial charge in [0.05, 0.1) is 6.54 Å². The van der Waals surface area contributed by atoms with Crippen molar-refractivity contribution in [3.63, 3.8) is 0 Å². The molecule has 0 amide bonds. The zero-order chi connectivity index (χ0) is 20.1. The van der Waals surface area contributed by atoms with Gasteiger partial charge in [-0.05, 0) is 45.2 Å². The van der Waals surface area contributed by atoms with E-state index in [4.69, 9.17) is 9.47 Å². The van der Waals surface area contributed by atoms with Crippen molar-refractivity contribution in [2.24, 2.45) is 4.99 Å². The van der Waals surface area contributed by atoms with Crippen molar-refractivity contribution >= 4 is 29.9 Å². The third-order valence-electron chi connectivity index (χ3n) is 3.58. The molecule has 1 aromatic rings. The first kappa shape index (κ1) is 26.8. The van der Waals surface area contributed by atoms with Crippen LogP contribution in [0.4, 0.5) is 13.2 Å². The fraction of sp³-hybridized carbons (Fsp3) is 0.632. The van der Waals surface area contributed by atoms with Gasteiger partial charge in [-0.1, -0.05) is 12.1 Å². The van der Waals surface area contributed by atoms with Crippen molar-refractivity contribution < 1.29 is 22.6 Å². The zero-order valence-electron chi connectivity index (χ0n) is 16.7. The maximum Gasteiger partial charge on any atom is 0.422 e. The minimum absolute atomic E-state index is 0. The summed E-state index contributed by atoms with van der Waals surface area (Å²) < 4.78 is 47.6. The summed E-state index contributed by atoms with van der Waals surface area (Å²) in [5, 5.41) is 6.35. The Morgan fingerprint density at radius 1 is 1.14 bits per heavy atom. The first-order chi connectivity index (χ1) is 12.9. The fourth-order valence-electron chi connectivity index (χ4n) is 2.27. The molecule has 0 aliphatic carbocycles. The molecule has 0 aliphatic heterocycles. The summed E-state index contributed by atoms with van der Waals surface area (Å²) >= 11 is 0. The molecule has 0 bridgehead atoms. The van der Waals surface area contributed by atoms with Crippen LogP contribution in [-0.4, -0.2) is 45.0 Å². The second-order valence-corrected chi connectivity index (χ2v) is 6.04. The Morgan fingerprint density at radius 3 is 2.54 bits per heavy atom. The molecule has 0 aliphatic rings. The molecule has 0 heterocycles. The number of guanidine groups is 1. The number of halogens is 4. The number of rotatable bonds is 11. The fourth-order valence-corrected chi connectivity index (χ4v) is 2.27. The van der Waals surface area contributed by atoms with Crippen LogP contribution in [0.2, 0.25) is 0 Å². The highest BCUT2D eigenvalue weighted by molar-refractivity contribution is 14.0. The Kier molecular flexibility index (Phi) is 14.1. The lowest BCUT2D eigenvalue weighted by molar-refractivity contribution is -0.153. The smallest absolute Gasteiger partial charge is 0.422 e. The van der Waals surface area contributed by atoms with Gasteiger partial charge in [-0.2, -0.15) is 13.2 Å². The standard InChI is InChI=1S/C19H30F3N3O2.HI/c1-4-23-18(24-10-6-7-11-26-5-2)25-13-16-9-8-15(3)12-17(16)27-14-19(20,21)22;/h8-9,12H,4-7,10-11,13-14H2,1-3H3,(H2,23,24,25);1H. The van der Waals surface area contributed by atoms with Gasteiger partial charge in [0.25, 0.3) is 0 Å². The molecular weight excluding hydrogens is 486 g/mol. The van der Waals surface area contributed by atoms with E-state index in [9.17, 15) is 13.2 Å². The van der Waals surface area contributed by atoms with E-state index in [2.05, 4.69) is 15.6 Å². The highest BCUT2D eigenvalue weighted by Crippen LogP contribution is 2.24. The van der Waals surface area contributed by atoms with E-state index in [1.165, 1.54) is 0 Å². The molecule has 2 N–H and O–H groups in total. The Morgan fingerprint density at radius 2 is 1.89 bits per heavy atom. The van der Waals surface area contributed by atoms with Gasteiger partial charge in [0, 0.05) is 31.9 Å². The lowest BCUT2D eigenvalue weighted by atomic mass is 10.1. The number of hydrogen-bond acceptors (Lipinski definition) is 3. The molecule has 0 saturated carbocycles. The van der Waals surface area contributed by atoms with Crippen molar-refractivity contribution in [2.75, 3.05) is 32.9 Å². The number of benzene rings is 1. The average Bonchev–Trinajstić information content (AvgIpc) is 2.61. The summed E-state index contributed by atoms with van der Waals surface area (Å²) in [5.74, 6) is 0.833. The molecule has 9 heteroatoms. The molecule has 0 saturated heterocycles. The van der Waals surface area contributed by atoms with Gasteiger partial charge < -0.3 is 20.1 Å². The van der Waals surface area contributed by atoms with Crippen molar-refractivity contribution in [3.05, 3.63) is 29.3 Å². The van der Waals surface area contributed by atoms with E-state index in [1.807, 2.05) is 19.9 Å². The quantitative estimate of drug-likeness (QED) is 0.198. The molecule has 28 heavy (non-hydrogen) atoms. The Labute approximate surface area is 182 Å². The number of alkyl halides is 3. The van der Waals surface area contributed by atoms with Gasteiger partial charge in [-0.15, -0.1) is 24.0 Å². The number of ether oxygens (including phenoxy) is 2. The Balaban J connectivity index is 0.00000729. The van der Waals surface area contributed by atoms with Crippen molar-refractivity contribution in [1.82, 2.24) is 10.6 Å². The third-order valence-corrected chi connectivity index (χ3v) is 3.58. The molecule has 0 radical (unpaired) electrons. The van der Waals surface area contributed by atoms with Gasteiger partial charge in [0.15, 0.2) is 12.6 Å². The molecule has 1 rings (SSSR count). The molecule has 5 nitrogen and oxygen atoms in total. The monoisotopic (exact) mass is 517 g/mol. The van der Waals surface area contributed by atoms with Crippen LogP contribution >= 0.6 is 24.0 Å². The van der Waals surface area contributed by atoms with E-state index in [0.29, 0.717) is 24.7 Å².